The Bertz CT molecular complexity index is 193. The van der Waals surface area contributed by atoms with Crippen LogP contribution in [-0.4, -0.2) is 26.5 Å². The van der Waals surface area contributed by atoms with Crippen LogP contribution in [0.15, 0.2) is 0 Å². The lowest BCUT2D eigenvalue weighted by Crippen LogP contribution is -2.16. The third kappa shape index (κ3) is 6.04. The lowest BCUT2D eigenvalue weighted by molar-refractivity contribution is -0.157. The Labute approximate surface area is 73.6 Å². The predicted molar refractivity (Wildman–Crippen MR) is 38.2 cm³/mol. The number of hydrogen-bond donors (Lipinski definition) is 0. The Morgan fingerprint density at radius 2 is 1.85 bits per heavy atom. The fourth-order valence-corrected chi connectivity index (χ4v) is 1.36. The average molecular weight is 222 g/mol. The maximum absolute atomic E-state index is 11.6. The molecule has 0 aromatic rings. The van der Waals surface area contributed by atoms with Gasteiger partial charge in [0.1, 0.15) is 0 Å². The van der Waals surface area contributed by atoms with E-state index >= 15 is 0 Å². The molecule has 0 bridgehead atoms. The van der Waals surface area contributed by atoms with Gasteiger partial charge in [-0.25, -0.2) is 4.57 Å². The van der Waals surface area contributed by atoms with Crippen molar-refractivity contribution in [1.29, 1.82) is 0 Å². The van der Waals surface area contributed by atoms with Crippen LogP contribution in [-0.2, 0) is 18.1 Å². The second-order valence-electron chi connectivity index (χ2n) is 1.94. The first-order valence-corrected chi connectivity index (χ1v) is 4.80. The molecule has 0 fully saturated rings. The van der Waals surface area contributed by atoms with Crippen LogP contribution in [0.4, 0.5) is 13.2 Å². The Morgan fingerprint density at radius 3 is 2.15 bits per heavy atom. The molecule has 0 aromatic heterocycles. The first kappa shape index (κ1) is 12.9. The number of phosphoric acid groups is 1. The minimum Gasteiger partial charge on any atom is -0.290 e. The highest BCUT2D eigenvalue weighted by molar-refractivity contribution is 7.48. The average Bonchev–Trinajstić information content (AvgIpc) is 2.01. The van der Waals surface area contributed by atoms with Crippen LogP contribution in [0.5, 0.6) is 0 Å². The van der Waals surface area contributed by atoms with E-state index in [1.165, 1.54) is 6.92 Å². The van der Waals surface area contributed by atoms with Crippen LogP contribution >= 0.6 is 7.82 Å². The molecule has 0 aromatic carbocycles. The molecule has 0 amide bonds. The van der Waals surface area contributed by atoms with Gasteiger partial charge in [0.25, 0.3) is 0 Å². The molecule has 8 heteroatoms. The molecule has 0 saturated heterocycles. The van der Waals surface area contributed by atoms with E-state index in [9.17, 15) is 17.7 Å². The zero-order valence-corrected chi connectivity index (χ0v) is 8.02. The van der Waals surface area contributed by atoms with Crippen LogP contribution in [0.3, 0.4) is 0 Å². The standard InChI is InChI=1S/C5H10F3O4P/c1-3-11-13(9,10-2)12-4-5(6,7)8/h3-4H2,1-2H3. The lowest BCUT2D eigenvalue weighted by atomic mass is 10.7. The Morgan fingerprint density at radius 1 is 1.31 bits per heavy atom. The molecule has 0 heterocycles. The van der Waals surface area contributed by atoms with Gasteiger partial charge in [0, 0.05) is 7.11 Å². The predicted octanol–water partition coefficient (Wildman–Crippen LogP) is 2.36. The van der Waals surface area contributed by atoms with Gasteiger partial charge in [0.15, 0.2) is 6.61 Å². The third-order valence-electron chi connectivity index (χ3n) is 0.897. The Kier molecular flexibility index (Phi) is 4.91. The van der Waals surface area contributed by atoms with E-state index in [1.54, 1.807) is 0 Å². The van der Waals surface area contributed by atoms with E-state index in [1.807, 2.05) is 0 Å². The number of hydrogen-bond acceptors (Lipinski definition) is 4. The molecular formula is C5H10F3O4P. The van der Waals surface area contributed by atoms with Crippen LogP contribution in [0.25, 0.3) is 0 Å². The zero-order chi connectivity index (χ0) is 10.5. The number of alkyl halides is 3. The topological polar surface area (TPSA) is 44.8 Å². The number of halogens is 3. The summed E-state index contributed by atoms with van der Waals surface area (Å²) in [5.41, 5.74) is 0. The zero-order valence-electron chi connectivity index (χ0n) is 7.13. The second kappa shape index (κ2) is 4.95. The van der Waals surface area contributed by atoms with Crippen molar-refractivity contribution in [2.45, 2.75) is 13.1 Å². The highest BCUT2D eigenvalue weighted by Crippen LogP contribution is 2.49. The first-order chi connectivity index (χ1) is 5.83. The highest BCUT2D eigenvalue weighted by Gasteiger charge is 2.34. The van der Waals surface area contributed by atoms with Crippen LogP contribution in [0, 0.1) is 0 Å². The molecule has 1 unspecified atom stereocenters. The maximum atomic E-state index is 11.6. The summed E-state index contributed by atoms with van der Waals surface area (Å²) >= 11 is 0. The van der Waals surface area contributed by atoms with E-state index in [2.05, 4.69) is 13.6 Å². The van der Waals surface area contributed by atoms with Gasteiger partial charge in [-0.3, -0.25) is 13.6 Å². The molecule has 4 nitrogen and oxygen atoms in total. The quantitative estimate of drug-likeness (QED) is 0.669. The van der Waals surface area contributed by atoms with Gasteiger partial charge in [-0.05, 0) is 6.92 Å². The van der Waals surface area contributed by atoms with Crippen LogP contribution < -0.4 is 0 Å². The van der Waals surface area contributed by atoms with E-state index in [-0.39, 0.29) is 6.61 Å². The monoisotopic (exact) mass is 222 g/mol. The fraction of sp³-hybridized carbons (Fsp3) is 1.00. The summed E-state index contributed by atoms with van der Waals surface area (Å²) in [5, 5.41) is 0. The van der Waals surface area contributed by atoms with E-state index in [0.29, 0.717) is 0 Å². The van der Waals surface area contributed by atoms with Crippen LogP contribution in [0.2, 0.25) is 0 Å². The summed E-state index contributed by atoms with van der Waals surface area (Å²) in [6.07, 6.45) is -4.55. The molecule has 0 radical (unpaired) electrons. The normalized spacial score (nSPS) is 17.0. The van der Waals surface area contributed by atoms with Crippen molar-refractivity contribution in [3.05, 3.63) is 0 Å². The molecule has 0 spiro atoms. The van der Waals surface area contributed by atoms with E-state index in [4.69, 9.17) is 0 Å². The van der Waals surface area contributed by atoms with Gasteiger partial charge < -0.3 is 0 Å². The van der Waals surface area contributed by atoms with E-state index < -0.39 is 20.6 Å². The minimum atomic E-state index is -4.55. The van der Waals surface area contributed by atoms with Gasteiger partial charge in [-0.2, -0.15) is 13.2 Å². The van der Waals surface area contributed by atoms with Crippen molar-refractivity contribution in [1.82, 2.24) is 0 Å². The maximum Gasteiger partial charge on any atom is 0.474 e. The molecule has 0 rings (SSSR count). The second-order valence-corrected chi connectivity index (χ2v) is 3.71. The first-order valence-electron chi connectivity index (χ1n) is 3.34. The van der Waals surface area contributed by atoms with Crippen molar-refractivity contribution in [3.63, 3.8) is 0 Å². The molecule has 0 aliphatic rings. The summed E-state index contributed by atoms with van der Waals surface area (Å²) in [6.45, 7) is -0.246. The third-order valence-corrected chi connectivity index (χ3v) is 2.36. The minimum absolute atomic E-state index is 0.0526. The molecule has 80 valence electrons. The van der Waals surface area contributed by atoms with E-state index in [0.717, 1.165) is 7.11 Å². The van der Waals surface area contributed by atoms with Gasteiger partial charge in [0.2, 0.25) is 0 Å². The summed E-state index contributed by atoms with van der Waals surface area (Å²) in [4.78, 5) is 0. The molecule has 1 atom stereocenters. The largest absolute Gasteiger partial charge is 0.474 e. The Hall–Kier alpha value is -0.100. The van der Waals surface area contributed by atoms with Crippen molar-refractivity contribution in [3.8, 4) is 0 Å². The molecular weight excluding hydrogens is 212 g/mol. The van der Waals surface area contributed by atoms with Gasteiger partial charge in [0.05, 0.1) is 6.61 Å². The van der Waals surface area contributed by atoms with Crippen molar-refractivity contribution in [2.75, 3.05) is 20.3 Å². The van der Waals surface area contributed by atoms with Crippen molar-refractivity contribution in [2.24, 2.45) is 0 Å². The highest BCUT2D eigenvalue weighted by atomic mass is 31.2. The number of rotatable bonds is 5. The summed E-state index contributed by atoms with van der Waals surface area (Å²) in [7, 11) is -3.07. The molecule has 0 aliphatic heterocycles. The SMILES string of the molecule is CCOP(=O)(OC)OCC(F)(F)F. The summed E-state index contributed by atoms with van der Waals surface area (Å²) in [6, 6.07) is 0. The van der Waals surface area contributed by atoms with Crippen molar-refractivity contribution >= 4 is 7.82 Å². The van der Waals surface area contributed by atoms with Gasteiger partial charge in [-0.15, -0.1) is 0 Å². The van der Waals surface area contributed by atoms with Crippen molar-refractivity contribution < 1.29 is 31.3 Å². The summed E-state index contributed by atoms with van der Waals surface area (Å²) in [5.74, 6) is 0. The number of phosphoric ester groups is 1. The van der Waals surface area contributed by atoms with Crippen LogP contribution in [0.1, 0.15) is 6.92 Å². The molecule has 0 aliphatic carbocycles. The Balaban J connectivity index is 4.06. The van der Waals surface area contributed by atoms with Gasteiger partial charge >= 0.3 is 14.0 Å². The molecule has 13 heavy (non-hydrogen) atoms. The fourth-order valence-electron chi connectivity index (χ4n) is 0.453. The molecule has 0 N–H and O–H groups in total. The van der Waals surface area contributed by atoms with Gasteiger partial charge in [-0.1, -0.05) is 0 Å². The summed E-state index contributed by atoms with van der Waals surface area (Å²) < 4.78 is 58.4. The lowest BCUT2D eigenvalue weighted by Gasteiger charge is -2.15. The molecule has 0 saturated carbocycles. The smallest absolute Gasteiger partial charge is 0.290 e.